The molecule has 1 aromatic rings. The lowest BCUT2D eigenvalue weighted by molar-refractivity contribution is -0.125. The normalized spacial score (nSPS) is 13.2. The van der Waals surface area contributed by atoms with E-state index >= 15 is 0 Å². The van der Waals surface area contributed by atoms with Crippen molar-refractivity contribution >= 4 is 23.1 Å². The first-order valence-corrected chi connectivity index (χ1v) is 5.78. The molecule has 1 aromatic heterocycles. The SMILES string of the molecule is CC(C(=O)NC(C)(C)C)n1ccnc1C(N)=S. The number of nitrogens with two attached hydrogens (primary N) is 1. The fourth-order valence-electron chi connectivity index (χ4n) is 1.42. The van der Waals surface area contributed by atoms with E-state index in [9.17, 15) is 4.79 Å². The second-order valence-corrected chi connectivity index (χ2v) is 5.38. The van der Waals surface area contributed by atoms with Gasteiger partial charge in [-0.1, -0.05) is 12.2 Å². The summed E-state index contributed by atoms with van der Waals surface area (Å²) in [6.45, 7) is 7.57. The number of amides is 1. The topological polar surface area (TPSA) is 72.9 Å². The van der Waals surface area contributed by atoms with Gasteiger partial charge in [-0.25, -0.2) is 4.98 Å². The maximum atomic E-state index is 12.0. The molecule has 0 aliphatic carbocycles. The molecule has 1 heterocycles. The first-order chi connectivity index (χ1) is 7.72. The number of thiocarbonyl (C=S) groups is 1. The molecule has 1 unspecified atom stereocenters. The summed E-state index contributed by atoms with van der Waals surface area (Å²) >= 11 is 4.88. The Morgan fingerprint density at radius 2 is 2.18 bits per heavy atom. The van der Waals surface area contributed by atoms with E-state index < -0.39 is 6.04 Å². The predicted molar refractivity (Wildman–Crippen MR) is 70.7 cm³/mol. The Morgan fingerprint density at radius 1 is 1.59 bits per heavy atom. The predicted octanol–water partition coefficient (Wildman–Crippen LogP) is 0.993. The maximum absolute atomic E-state index is 12.0. The second-order valence-electron chi connectivity index (χ2n) is 4.94. The molecule has 0 saturated heterocycles. The van der Waals surface area contributed by atoms with E-state index in [0.29, 0.717) is 5.82 Å². The molecule has 17 heavy (non-hydrogen) atoms. The third kappa shape index (κ3) is 3.52. The molecule has 1 atom stereocenters. The molecule has 0 saturated carbocycles. The Morgan fingerprint density at radius 3 is 2.65 bits per heavy atom. The highest BCUT2D eigenvalue weighted by molar-refractivity contribution is 7.80. The average Bonchev–Trinajstić information content (AvgIpc) is 2.61. The van der Waals surface area contributed by atoms with Crippen LogP contribution in [0.25, 0.3) is 0 Å². The summed E-state index contributed by atoms with van der Waals surface area (Å²) in [4.78, 5) is 16.2. The largest absolute Gasteiger partial charge is 0.387 e. The summed E-state index contributed by atoms with van der Waals surface area (Å²) in [7, 11) is 0. The van der Waals surface area contributed by atoms with E-state index in [4.69, 9.17) is 18.0 Å². The number of hydrogen-bond donors (Lipinski definition) is 2. The van der Waals surface area contributed by atoms with Gasteiger partial charge in [-0.2, -0.15) is 0 Å². The van der Waals surface area contributed by atoms with E-state index in [2.05, 4.69) is 10.3 Å². The molecule has 6 heteroatoms. The zero-order valence-corrected chi connectivity index (χ0v) is 11.3. The van der Waals surface area contributed by atoms with E-state index in [0.717, 1.165) is 0 Å². The molecule has 94 valence electrons. The summed E-state index contributed by atoms with van der Waals surface area (Å²) in [5, 5.41) is 2.90. The van der Waals surface area contributed by atoms with Gasteiger partial charge in [0.15, 0.2) is 5.82 Å². The van der Waals surface area contributed by atoms with Crippen LogP contribution in [0.1, 0.15) is 39.6 Å². The third-order valence-corrected chi connectivity index (χ3v) is 2.37. The molecule has 3 N–H and O–H groups in total. The van der Waals surface area contributed by atoms with Crippen LogP contribution in [0.15, 0.2) is 12.4 Å². The molecule has 0 radical (unpaired) electrons. The Bertz CT molecular complexity index is 433. The van der Waals surface area contributed by atoms with Gasteiger partial charge in [0.2, 0.25) is 5.91 Å². The van der Waals surface area contributed by atoms with E-state index in [-0.39, 0.29) is 16.4 Å². The molecule has 0 aliphatic rings. The van der Waals surface area contributed by atoms with Gasteiger partial charge >= 0.3 is 0 Å². The molecular weight excluding hydrogens is 236 g/mol. The number of nitrogens with one attached hydrogen (secondary N) is 1. The number of carbonyl (C=O) groups is 1. The van der Waals surface area contributed by atoms with Crippen molar-refractivity contribution in [2.75, 3.05) is 0 Å². The van der Waals surface area contributed by atoms with Gasteiger partial charge in [-0.05, 0) is 27.7 Å². The van der Waals surface area contributed by atoms with E-state index in [1.807, 2.05) is 20.8 Å². The zero-order chi connectivity index (χ0) is 13.2. The quantitative estimate of drug-likeness (QED) is 0.789. The van der Waals surface area contributed by atoms with E-state index in [1.54, 1.807) is 23.9 Å². The lowest BCUT2D eigenvalue weighted by Gasteiger charge is -2.24. The minimum absolute atomic E-state index is 0.0898. The van der Waals surface area contributed by atoms with Crippen molar-refractivity contribution < 1.29 is 4.79 Å². The standard InChI is InChI=1S/C11H18N4OS/c1-7(10(16)14-11(2,3)4)15-6-5-13-9(15)8(12)17/h5-7H,1-4H3,(H2,12,17)(H,14,16). The van der Waals surface area contributed by atoms with Crippen molar-refractivity contribution in [3.63, 3.8) is 0 Å². The molecule has 0 spiro atoms. The van der Waals surface area contributed by atoms with Crippen LogP contribution in [0.2, 0.25) is 0 Å². The molecule has 0 fully saturated rings. The lowest BCUT2D eigenvalue weighted by Crippen LogP contribution is -2.44. The van der Waals surface area contributed by atoms with Crippen molar-refractivity contribution in [3.05, 3.63) is 18.2 Å². The van der Waals surface area contributed by atoms with Gasteiger partial charge in [-0.3, -0.25) is 4.79 Å². The molecule has 1 rings (SSSR count). The van der Waals surface area contributed by atoms with Gasteiger partial charge in [-0.15, -0.1) is 0 Å². The van der Waals surface area contributed by atoms with Crippen LogP contribution < -0.4 is 11.1 Å². The summed E-state index contributed by atoms with van der Waals surface area (Å²) in [6, 6.07) is -0.395. The first kappa shape index (κ1) is 13.6. The molecule has 1 amide bonds. The van der Waals surface area contributed by atoms with Crippen LogP contribution in [-0.4, -0.2) is 26.0 Å². The van der Waals surface area contributed by atoms with Gasteiger partial charge < -0.3 is 15.6 Å². The minimum Gasteiger partial charge on any atom is -0.387 e. The van der Waals surface area contributed by atoms with Crippen LogP contribution >= 0.6 is 12.2 Å². The van der Waals surface area contributed by atoms with Crippen LogP contribution in [0.4, 0.5) is 0 Å². The highest BCUT2D eigenvalue weighted by atomic mass is 32.1. The lowest BCUT2D eigenvalue weighted by atomic mass is 10.1. The van der Waals surface area contributed by atoms with Gasteiger partial charge in [0.1, 0.15) is 11.0 Å². The Hall–Kier alpha value is -1.43. The monoisotopic (exact) mass is 254 g/mol. The highest BCUT2D eigenvalue weighted by Crippen LogP contribution is 2.11. The summed E-state index contributed by atoms with van der Waals surface area (Å²) in [5.41, 5.74) is 5.27. The Kier molecular flexibility index (Phi) is 3.87. The minimum atomic E-state index is -0.395. The summed E-state index contributed by atoms with van der Waals surface area (Å²) in [5.74, 6) is 0.365. The summed E-state index contributed by atoms with van der Waals surface area (Å²) in [6.07, 6.45) is 3.27. The molecule has 0 bridgehead atoms. The van der Waals surface area contributed by atoms with Gasteiger partial charge in [0.05, 0.1) is 0 Å². The van der Waals surface area contributed by atoms with Crippen molar-refractivity contribution in [2.24, 2.45) is 5.73 Å². The number of nitrogens with zero attached hydrogens (tertiary/aromatic N) is 2. The van der Waals surface area contributed by atoms with Crippen LogP contribution in [0.3, 0.4) is 0 Å². The number of aromatic nitrogens is 2. The van der Waals surface area contributed by atoms with Gasteiger partial charge in [0.25, 0.3) is 0 Å². The van der Waals surface area contributed by atoms with Crippen LogP contribution in [0.5, 0.6) is 0 Å². The first-order valence-electron chi connectivity index (χ1n) is 5.37. The fourth-order valence-corrected chi connectivity index (χ4v) is 1.57. The van der Waals surface area contributed by atoms with Crippen molar-refractivity contribution in [2.45, 2.75) is 39.3 Å². The van der Waals surface area contributed by atoms with E-state index in [1.165, 1.54) is 0 Å². The molecule has 0 aliphatic heterocycles. The maximum Gasteiger partial charge on any atom is 0.243 e. The van der Waals surface area contributed by atoms with Gasteiger partial charge in [0, 0.05) is 17.9 Å². The number of imidazole rings is 1. The van der Waals surface area contributed by atoms with Crippen molar-refractivity contribution in [3.8, 4) is 0 Å². The van der Waals surface area contributed by atoms with Crippen molar-refractivity contribution in [1.29, 1.82) is 0 Å². The third-order valence-electron chi connectivity index (χ3n) is 2.18. The second kappa shape index (κ2) is 4.83. The number of hydrogen-bond acceptors (Lipinski definition) is 3. The Labute approximate surface area is 106 Å². The number of rotatable bonds is 3. The van der Waals surface area contributed by atoms with Crippen molar-refractivity contribution in [1.82, 2.24) is 14.9 Å². The fraction of sp³-hybridized carbons (Fsp3) is 0.545. The number of carbonyl (C=O) groups excluding carboxylic acids is 1. The average molecular weight is 254 g/mol. The highest BCUT2D eigenvalue weighted by Gasteiger charge is 2.22. The molecular formula is C11H18N4OS. The smallest absolute Gasteiger partial charge is 0.243 e. The molecule has 0 aromatic carbocycles. The van der Waals surface area contributed by atoms with Crippen LogP contribution in [-0.2, 0) is 4.79 Å². The zero-order valence-electron chi connectivity index (χ0n) is 10.5. The van der Waals surface area contributed by atoms with Crippen LogP contribution in [0, 0.1) is 0 Å². The summed E-state index contributed by atoms with van der Waals surface area (Å²) < 4.78 is 1.67. The Balaban J connectivity index is 2.89. The molecule has 5 nitrogen and oxygen atoms in total.